The van der Waals surface area contributed by atoms with Crippen molar-refractivity contribution in [1.82, 2.24) is 14.7 Å². The van der Waals surface area contributed by atoms with Crippen LogP contribution in [0.15, 0.2) is 0 Å². The lowest BCUT2D eigenvalue weighted by atomic mass is 9.74. The molecule has 25 heavy (non-hydrogen) atoms. The van der Waals surface area contributed by atoms with E-state index in [1.807, 2.05) is 20.5 Å². The number of carbonyl (C=O) groups excluding carboxylic acids is 1. The van der Waals surface area contributed by atoms with Crippen molar-refractivity contribution in [2.45, 2.75) is 60.3 Å². The van der Waals surface area contributed by atoms with Gasteiger partial charge in [-0.15, -0.1) is 9.24 Å². The summed E-state index contributed by atoms with van der Waals surface area (Å²) in [6, 6.07) is 0. The average Bonchev–Trinajstić information content (AvgIpc) is 2.71. The van der Waals surface area contributed by atoms with Gasteiger partial charge in [-0.2, -0.15) is 0 Å². The summed E-state index contributed by atoms with van der Waals surface area (Å²) in [6.45, 7) is 20.7. The molecule has 2 fully saturated rings. The highest BCUT2D eigenvalue weighted by molar-refractivity contribution is 7.15. The highest BCUT2D eigenvalue weighted by atomic mass is 31.0. The fraction of sp³-hybridized carbons (Fsp3) is 0.950. The first-order chi connectivity index (χ1) is 12.1. The van der Waals surface area contributed by atoms with Gasteiger partial charge in [0, 0.05) is 39.3 Å². The van der Waals surface area contributed by atoms with E-state index in [4.69, 9.17) is 0 Å². The second-order valence-electron chi connectivity index (χ2n) is 6.80. The molecule has 0 spiro atoms. The lowest BCUT2D eigenvalue weighted by molar-refractivity contribution is -0.135. The number of rotatable bonds is 5. The lowest BCUT2D eigenvalue weighted by Crippen LogP contribution is -2.51. The summed E-state index contributed by atoms with van der Waals surface area (Å²) >= 11 is 0. The first-order valence-corrected chi connectivity index (χ1v) is 11.6. The van der Waals surface area contributed by atoms with E-state index in [0.717, 1.165) is 45.8 Å². The van der Waals surface area contributed by atoms with Gasteiger partial charge in [-0.05, 0) is 24.8 Å². The maximum atomic E-state index is 12.5. The molecule has 0 saturated carbocycles. The largest absolute Gasteiger partial charge is 0.342 e. The highest BCUT2D eigenvalue weighted by Crippen LogP contribution is 2.37. The van der Waals surface area contributed by atoms with Crippen LogP contribution in [0, 0.1) is 5.41 Å². The molecule has 0 bridgehead atoms. The zero-order valence-electron chi connectivity index (χ0n) is 17.8. The Morgan fingerprint density at radius 1 is 0.840 bits per heavy atom. The number of likely N-dealkylation sites (N-methyl/N-ethyl adjacent to an activating group) is 1. The van der Waals surface area contributed by atoms with Crippen molar-refractivity contribution in [3.63, 3.8) is 0 Å². The third kappa shape index (κ3) is 7.93. The molecule has 0 aromatic carbocycles. The van der Waals surface area contributed by atoms with E-state index < -0.39 is 0 Å². The number of likely N-dealkylation sites (tertiary alicyclic amines) is 1. The maximum absolute atomic E-state index is 12.5. The average molecular weight is 374 g/mol. The summed E-state index contributed by atoms with van der Waals surface area (Å²) in [5.41, 5.74) is 0.504. The van der Waals surface area contributed by atoms with Gasteiger partial charge in [0.25, 0.3) is 0 Å². The lowest BCUT2D eigenvalue weighted by Gasteiger charge is -2.42. The number of nitrogens with zero attached hydrogens (tertiary/aromatic N) is 3. The number of hydrogen-bond acceptors (Lipinski definition) is 3. The van der Waals surface area contributed by atoms with Crippen molar-refractivity contribution in [2.24, 2.45) is 5.41 Å². The predicted molar refractivity (Wildman–Crippen MR) is 114 cm³/mol. The molecular formula is C20H44N3OP. The Labute approximate surface area is 159 Å². The summed E-state index contributed by atoms with van der Waals surface area (Å²) in [7, 11) is 2.42. The number of amides is 1. The number of piperidine rings is 1. The van der Waals surface area contributed by atoms with Gasteiger partial charge in [-0.1, -0.05) is 54.1 Å². The molecule has 0 N–H and O–H groups in total. The predicted octanol–water partition coefficient (Wildman–Crippen LogP) is 3.57. The second kappa shape index (κ2) is 13.9. The van der Waals surface area contributed by atoms with Crippen molar-refractivity contribution in [3.05, 3.63) is 0 Å². The molecule has 1 unspecified atom stereocenters. The molecule has 2 aliphatic heterocycles. The molecule has 2 heterocycles. The number of hydrogen-bond donors (Lipinski definition) is 0. The molecule has 0 aromatic heterocycles. The summed E-state index contributed by atoms with van der Waals surface area (Å²) in [5.74, 6) is 0.348. The van der Waals surface area contributed by atoms with E-state index in [9.17, 15) is 4.79 Å². The standard InChI is InChI=1S/C17H33N3O.C2H6.CH5P/c1-4-17(5-2)7-9-20(10-8-17)16(21)15-19-13-11-18(6-3)12-14-19;2*1-2/h4-15H2,1-3H3;1-2H3;2H2,1H3. The molecule has 1 amide bonds. The topological polar surface area (TPSA) is 26.8 Å². The van der Waals surface area contributed by atoms with E-state index in [2.05, 4.69) is 44.7 Å². The van der Waals surface area contributed by atoms with E-state index in [1.54, 1.807) is 0 Å². The first-order valence-electron chi connectivity index (χ1n) is 10.4. The van der Waals surface area contributed by atoms with E-state index >= 15 is 0 Å². The van der Waals surface area contributed by atoms with Crippen LogP contribution < -0.4 is 0 Å². The van der Waals surface area contributed by atoms with Crippen LogP contribution in [0.5, 0.6) is 0 Å². The fourth-order valence-corrected chi connectivity index (χ4v) is 3.74. The molecule has 2 saturated heterocycles. The van der Waals surface area contributed by atoms with Crippen molar-refractivity contribution in [2.75, 3.05) is 59.0 Å². The van der Waals surface area contributed by atoms with Crippen LogP contribution in [0.1, 0.15) is 60.3 Å². The van der Waals surface area contributed by atoms with Crippen LogP contribution >= 0.6 is 9.24 Å². The normalized spacial score (nSPS) is 20.8. The minimum atomic E-state index is 0.348. The molecule has 5 heteroatoms. The van der Waals surface area contributed by atoms with E-state index in [-0.39, 0.29) is 0 Å². The molecule has 4 nitrogen and oxygen atoms in total. The SMILES string of the molecule is CC.CCN1CCN(CC(=O)N2CCC(CC)(CC)CC2)CC1.CP. The maximum Gasteiger partial charge on any atom is 0.236 e. The van der Waals surface area contributed by atoms with Crippen LogP contribution in [0.2, 0.25) is 0 Å². The Balaban J connectivity index is 0.00000134. The Morgan fingerprint density at radius 2 is 1.28 bits per heavy atom. The minimum Gasteiger partial charge on any atom is -0.342 e. The quantitative estimate of drug-likeness (QED) is 0.689. The Hall–Kier alpha value is -0.180. The zero-order valence-corrected chi connectivity index (χ0v) is 19.0. The molecular weight excluding hydrogens is 329 g/mol. The van der Waals surface area contributed by atoms with Gasteiger partial charge in [-0.3, -0.25) is 9.69 Å². The smallest absolute Gasteiger partial charge is 0.236 e. The highest BCUT2D eigenvalue weighted by Gasteiger charge is 2.33. The molecule has 0 aromatic rings. The number of carbonyl (C=O) groups is 1. The molecule has 2 aliphatic rings. The third-order valence-electron chi connectivity index (χ3n) is 5.95. The van der Waals surface area contributed by atoms with Crippen molar-refractivity contribution in [1.29, 1.82) is 0 Å². The van der Waals surface area contributed by atoms with Gasteiger partial charge in [0.05, 0.1) is 6.54 Å². The van der Waals surface area contributed by atoms with Crippen molar-refractivity contribution in [3.8, 4) is 0 Å². The van der Waals surface area contributed by atoms with Crippen molar-refractivity contribution >= 4 is 15.1 Å². The van der Waals surface area contributed by atoms with Crippen LogP contribution in [0.3, 0.4) is 0 Å². The molecule has 2 rings (SSSR count). The van der Waals surface area contributed by atoms with Gasteiger partial charge < -0.3 is 9.80 Å². The monoisotopic (exact) mass is 373 g/mol. The summed E-state index contributed by atoms with van der Waals surface area (Å²) < 4.78 is 0. The van der Waals surface area contributed by atoms with Crippen molar-refractivity contribution < 1.29 is 4.79 Å². The summed E-state index contributed by atoms with van der Waals surface area (Å²) in [6.07, 6.45) is 4.89. The summed E-state index contributed by atoms with van der Waals surface area (Å²) in [5, 5.41) is 0. The molecule has 0 aliphatic carbocycles. The molecule has 1 atom stereocenters. The Bertz CT molecular complexity index is 330. The zero-order chi connectivity index (χ0) is 19.3. The Morgan fingerprint density at radius 3 is 1.68 bits per heavy atom. The molecule has 150 valence electrons. The fourth-order valence-electron chi connectivity index (χ4n) is 3.74. The van der Waals surface area contributed by atoms with Gasteiger partial charge in [0.15, 0.2) is 0 Å². The van der Waals surface area contributed by atoms with Gasteiger partial charge in [0.2, 0.25) is 5.91 Å². The number of piperazine rings is 1. The van der Waals surface area contributed by atoms with E-state index in [0.29, 0.717) is 17.9 Å². The van der Waals surface area contributed by atoms with Crippen LogP contribution in [0.4, 0.5) is 0 Å². The minimum absolute atomic E-state index is 0.348. The first kappa shape index (κ1) is 24.8. The van der Waals surface area contributed by atoms with Gasteiger partial charge in [0.1, 0.15) is 0 Å². The van der Waals surface area contributed by atoms with Crippen LogP contribution in [-0.4, -0.2) is 79.6 Å². The van der Waals surface area contributed by atoms with E-state index in [1.165, 1.54) is 25.7 Å². The van der Waals surface area contributed by atoms with Gasteiger partial charge >= 0.3 is 0 Å². The second-order valence-corrected chi connectivity index (χ2v) is 6.80. The van der Waals surface area contributed by atoms with Gasteiger partial charge in [-0.25, -0.2) is 0 Å². The molecule has 0 radical (unpaired) electrons. The summed E-state index contributed by atoms with van der Waals surface area (Å²) in [4.78, 5) is 19.4. The Kier molecular flexibility index (Phi) is 13.8. The third-order valence-corrected chi connectivity index (χ3v) is 5.95. The van der Waals surface area contributed by atoms with Crippen LogP contribution in [-0.2, 0) is 4.79 Å². The van der Waals surface area contributed by atoms with Crippen LogP contribution in [0.25, 0.3) is 0 Å².